The van der Waals surface area contributed by atoms with Gasteiger partial charge in [-0.25, -0.2) is 4.79 Å². The molecule has 3 unspecified atom stereocenters. The van der Waals surface area contributed by atoms with Crippen LogP contribution in [-0.4, -0.2) is 57.9 Å². The molecule has 0 fully saturated rings. The van der Waals surface area contributed by atoms with Gasteiger partial charge in [0.1, 0.15) is 0 Å². The van der Waals surface area contributed by atoms with Crippen LogP contribution in [0.15, 0.2) is 30.3 Å². The molecule has 3 atom stereocenters. The summed E-state index contributed by atoms with van der Waals surface area (Å²) < 4.78 is 0. The Kier molecular flexibility index (Phi) is 12.4. The molecular formula is C18H29N3O6. The summed E-state index contributed by atoms with van der Waals surface area (Å²) in [6, 6.07) is 9.72. The van der Waals surface area contributed by atoms with Crippen molar-refractivity contribution in [1.82, 2.24) is 5.32 Å². The van der Waals surface area contributed by atoms with Gasteiger partial charge >= 0.3 is 11.9 Å². The van der Waals surface area contributed by atoms with Crippen LogP contribution >= 0.6 is 0 Å². The quantitative estimate of drug-likeness (QED) is 0.319. The minimum atomic E-state index is -1.79. The number of amides is 1. The molecule has 0 aromatic heterocycles. The van der Waals surface area contributed by atoms with Crippen molar-refractivity contribution < 1.29 is 29.7 Å². The number of nitrogens with two attached hydrogens (primary N) is 2. The second kappa shape index (κ2) is 13.7. The number of hydrogen-bond donors (Lipinski definition) is 6. The van der Waals surface area contributed by atoms with Gasteiger partial charge in [-0.3, -0.25) is 9.59 Å². The first-order valence-corrected chi connectivity index (χ1v) is 8.60. The topological polar surface area (TPSA) is 176 Å². The summed E-state index contributed by atoms with van der Waals surface area (Å²) in [5.41, 5.74) is 12.4. The molecule has 0 bridgehead atoms. The van der Waals surface area contributed by atoms with Crippen LogP contribution < -0.4 is 16.8 Å². The Morgan fingerprint density at radius 3 is 2.19 bits per heavy atom. The highest BCUT2D eigenvalue weighted by molar-refractivity contribution is 5.81. The molecule has 0 aliphatic rings. The lowest BCUT2D eigenvalue weighted by molar-refractivity contribution is -0.152. The first kappa shape index (κ1) is 24.5. The lowest BCUT2D eigenvalue weighted by Crippen LogP contribution is -2.45. The number of aliphatic hydroxyl groups excluding tert-OH is 1. The van der Waals surface area contributed by atoms with Crippen LogP contribution in [0.3, 0.4) is 0 Å². The van der Waals surface area contributed by atoms with E-state index >= 15 is 0 Å². The minimum Gasteiger partial charge on any atom is -0.481 e. The zero-order valence-corrected chi connectivity index (χ0v) is 15.4. The van der Waals surface area contributed by atoms with E-state index in [9.17, 15) is 14.4 Å². The number of carboxylic acids is 2. The van der Waals surface area contributed by atoms with Gasteiger partial charge in [-0.15, -0.1) is 0 Å². The van der Waals surface area contributed by atoms with E-state index in [1.54, 1.807) is 0 Å². The average molecular weight is 383 g/mol. The number of rotatable bonds is 10. The number of aliphatic hydroxyl groups is 1. The molecule has 0 saturated carbocycles. The average Bonchev–Trinajstić information content (AvgIpc) is 2.60. The minimum absolute atomic E-state index is 0.0869. The van der Waals surface area contributed by atoms with E-state index in [1.807, 2.05) is 25.1 Å². The van der Waals surface area contributed by atoms with Crippen LogP contribution in [0, 0.1) is 0 Å². The van der Waals surface area contributed by atoms with Gasteiger partial charge in [-0.1, -0.05) is 30.3 Å². The summed E-state index contributed by atoms with van der Waals surface area (Å²) in [5.74, 6) is -2.94. The third kappa shape index (κ3) is 12.5. The first-order valence-electron chi connectivity index (χ1n) is 8.60. The van der Waals surface area contributed by atoms with Crippen LogP contribution in [0.1, 0.15) is 31.7 Å². The Morgan fingerprint density at radius 2 is 1.74 bits per heavy atom. The maximum Gasteiger partial charge on any atom is 0.333 e. The number of carbonyl (C=O) groups is 3. The number of aliphatic carboxylic acids is 2. The molecule has 0 heterocycles. The highest BCUT2D eigenvalue weighted by Gasteiger charge is 2.16. The lowest BCUT2D eigenvalue weighted by Gasteiger charge is -2.17. The number of carbonyl (C=O) groups excluding carboxylic acids is 1. The molecule has 0 aliphatic carbocycles. The van der Waals surface area contributed by atoms with Gasteiger partial charge in [0.15, 0.2) is 6.10 Å². The Balaban J connectivity index is 0.000000636. The third-order valence-electron chi connectivity index (χ3n) is 3.48. The Hall–Kier alpha value is -2.49. The third-order valence-corrected chi connectivity index (χ3v) is 3.48. The highest BCUT2D eigenvalue weighted by atomic mass is 16.4. The zero-order chi connectivity index (χ0) is 20.8. The van der Waals surface area contributed by atoms with Crippen molar-refractivity contribution in [2.24, 2.45) is 11.5 Å². The standard InChI is InChI=1S/C14H23N3O.C4H6O5/c1-11(10-12-6-3-2-4-7-12)17-14(18)13(16)8-5-9-15;5-2(4(8)9)1-3(6)7/h2-4,6-7,11,13H,5,8-10,15-16H2,1H3,(H,17,18);2,5H,1H2,(H,6,7)(H,8,9). The van der Waals surface area contributed by atoms with E-state index in [2.05, 4.69) is 17.4 Å². The van der Waals surface area contributed by atoms with Crippen molar-refractivity contribution in [1.29, 1.82) is 0 Å². The number of nitrogens with one attached hydrogen (secondary N) is 1. The van der Waals surface area contributed by atoms with Crippen LogP contribution in [0.4, 0.5) is 0 Å². The Labute approximate surface area is 158 Å². The molecule has 9 nitrogen and oxygen atoms in total. The van der Waals surface area contributed by atoms with E-state index in [4.69, 9.17) is 26.8 Å². The van der Waals surface area contributed by atoms with Gasteiger partial charge in [-0.2, -0.15) is 0 Å². The second-order valence-corrected chi connectivity index (χ2v) is 6.09. The van der Waals surface area contributed by atoms with E-state index in [0.29, 0.717) is 13.0 Å². The predicted molar refractivity (Wildman–Crippen MR) is 99.9 cm³/mol. The van der Waals surface area contributed by atoms with Crippen molar-refractivity contribution in [3.8, 4) is 0 Å². The molecule has 0 spiro atoms. The summed E-state index contributed by atoms with van der Waals surface area (Å²) in [6.07, 6.45) is -0.310. The molecule has 152 valence electrons. The van der Waals surface area contributed by atoms with Gasteiger partial charge in [0.25, 0.3) is 0 Å². The molecule has 8 N–H and O–H groups in total. The van der Waals surface area contributed by atoms with E-state index in [-0.39, 0.29) is 11.9 Å². The summed E-state index contributed by atoms with van der Waals surface area (Å²) >= 11 is 0. The van der Waals surface area contributed by atoms with Gasteiger partial charge in [0.05, 0.1) is 12.5 Å². The van der Waals surface area contributed by atoms with Crippen LogP contribution in [0.2, 0.25) is 0 Å². The van der Waals surface area contributed by atoms with Crippen LogP contribution in [0.5, 0.6) is 0 Å². The lowest BCUT2D eigenvalue weighted by atomic mass is 10.1. The maximum atomic E-state index is 11.8. The van der Waals surface area contributed by atoms with Crippen molar-refractivity contribution in [3.63, 3.8) is 0 Å². The van der Waals surface area contributed by atoms with Crippen molar-refractivity contribution in [2.75, 3.05) is 6.54 Å². The fraction of sp³-hybridized carbons (Fsp3) is 0.500. The summed E-state index contributed by atoms with van der Waals surface area (Å²) in [7, 11) is 0. The van der Waals surface area contributed by atoms with Crippen molar-refractivity contribution in [2.45, 2.75) is 50.8 Å². The molecule has 27 heavy (non-hydrogen) atoms. The van der Waals surface area contributed by atoms with Crippen molar-refractivity contribution >= 4 is 17.8 Å². The highest BCUT2D eigenvalue weighted by Crippen LogP contribution is 2.03. The molecule has 9 heteroatoms. The number of benzene rings is 1. The zero-order valence-electron chi connectivity index (χ0n) is 15.4. The van der Waals surface area contributed by atoms with E-state index in [1.165, 1.54) is 5.56 Å². The molecule has 0 aliphatic heterocycles. The summed E-state index contributed by atoms with van der Waals surface area (Å²) in [5, 5.41) is 27.1. The normalized spacial score (nSPS) is 13.5. The van der Waals surface area contributed by atoms with Gasteiger partial charge in [0.2, 0.25) is 5.91 Å². The molecule has 1 amide bonds. The molecule has 0 radical (unpaired) electrons. The van der Waals surface area contributed by atoms with Crippen LogP contribution in [-0.2, 0) is 20.8 Å². The molecule has 0 saturated heterocycles. The first-order chi connectivity index (χ1) is 12.7. The van der Waals surface area contributed by atoms with E-state index in [0.717, 1.165) is 12.8 Å². The second-order valence-electron chi connectivity index (χ2n) is 6.09. The van der Waals surface area contributed by atoms with Gasteiger partial charge in [-0.05, 0) is 38.3 Å². The maximum absolute atomic E-state index is 11.8. The molecule has 1 aromatic rings. The number of hydrogen-bond acceptors (Lipinski definition) is 6. The summed E-state index contributed by atoms with van der Waals surface area (Å²) in [4.78, 5) is 31.2. The fourth-order valence-electron chi connectivity index (χ4n) is 2.09. The Morgan fingerprint density at radius 1 is 1.15 bits per heavy atom. The molecule has 1 rings (SSSR count). The van der Waals surface area contributed by atoms with Gasteiger partial charge < -0.3 is 32.1 Å². The molecular weight excluding hydrogens is 354 g/mol. The number of carboxylic acid groups (broad SMARTS) is 2. The van der Waals surface area contributed by atoms with E-state index < -0.39 is 30.5 Å². The fourth-order valence-corrected chi connectivity index (χ4v) is 2.09. The molecule has 1 aromatic carbocycles. The Bertz CT molecular complexity index is 582. The van der Waals surface area contributed by atoms with Crippen molar-refractivity contribution in [3.05, 3.63) is 35.9 Å². The largest absolute Gasteiger partial charge is 0.481 e. The summed E-state index contributed by atoms with van der Waals surface area (Å²) in [6.45, 7) is 2.56. The smallest absolute Gasteiger partial charge is 0.333 e. The van der Waals surface area contributed by atoms with Gasteiger partial charge in [0, 0.05) is 6.04 Å². The SMILES string of the molecule is CC(Cc1ccccc1)NC(=O)C(N)CCCN.O=C(O)CC(O)C(=O)O. The van der Waals surface area contributed by atoms with Crippen LogP contribution in [0.25, 0.3) is 0 Å². The predicted octanol–water partition coefficient (Wildman–Crippen LogP) is -0.293. The monoisotopic (exact) mass is 383 g/mol.